The van der Waals surface area contributed by atoms with Crippen LogP contribution in [0.5, 0.6) is 5.75 Å². The number of ether oxygens (including phenoxy) is 1. The lowest BCUT2D eigenvalue weighted by Gasteiger charge is -2.04. The van der Waals surface area contributed by atoms with Gasteiger partial charge in [0.1, 0.15) is 10.7 Å². The predicted molar refractivity (Wildman–Crippen MR) is 66.8 cm³/mol. The number of hydrogen-bond donors (Lipinski definition) is 0. The van der Waals surface area contributed by atoms with Crippen LogP contribution < -0.4 is 4.74 Å². The Hall–Kier alpha value is -2.34. The zero-order valence-electron chi connectivity index (χ0n) is 9.75. The van der Waals surface area contributed by atoms with Crippen LogP contribution in [0.1, 0.15) is 16.1 Å². The van der Waals surface area contributed by atoms with Gasteiger partial charge in [-0.2, -0.15) is 0 Å². The number of benzene rings is 1. The Bertz CT molecular complexity index is 649. The quantitative estimate of drug-likeness (QED) is 0.488. The molecule has 0 atom stereocenters. The molecule has 7 heteroatoms. The van der Waals surface area contributed by atoms with Gasteiger partial charge in [-0.3, -0.25) is 14.9 Å². The number of carbonyl (C=O) groups excluding carboxylic acids is 1. The minimum Gasteiger partial charge on any atom is -0.497 e. The summed E-state index contributed by atoms with van der Waals surface area (Å²) in [5, 5.41) is 10.7. The summed E-state index contributed by atoms with van der Waals surface area (Å²) in [7, 11) is 1.48. The van der Waals surface area contributed by atoms with Crippen molar-refractivity contribution in [1.82, 2.24) is 0 Å². The van der Waals surface area contributed by atoms with E-state index < -0.39 is 16.6 Å². The Labute approximate surface area is 112 Å². The van der Waals surface area contributed by atoms with Gasteiger partial charge in [0, 0.05) is 5.56 Å². The van der Waals surface area contributed by atoms with E-state index in [0.29, 0.717) is 5.75 Å². The number of methoxy groups -OCH3 is 1. The van der Waals surface area contributed by atoms with E-state index in [1.54, 1.807) is 6.07 Å². The van der Waals surface area contributed by atoms with Crippen molar-refractivity contribution in [3.8, 4) is 5.75 Å². The van der Waals surface area contributed by atoms with Crippen molar-refractivity contribution in [3.05, 3.63) is 56.8 Å². The maximum Gasteiger partial charge on any atom is 0.433 e. The number of hydrogen-bond acceptors (Lipinski definition) is 5. The standard InChI is InChI=1S/C12H8ClNO5/c1-18-7-2-3-8(9(13)6-7)12(15)10-4-5-11(19-10)14(16)17/h2-6H,1H3. The fraction of sp³-hybridized carbons (Fsp3) is 0.0833. The minimum atomic E-state index is -0.716. The summed E-state index contributed by atoms with van der Waals surface area (Å²) in [6.07, 6.45) is 0. The molecule has 1 aromatic carbocycles. The van der Waals surface area contributed by atoms with Gasteiger partial charge in [0.15, 0.2) is 5.76 Å². The highest BCUT2D eigenvalue weighted by molar-refractivity contribution is 6.35. The number of nitro groups is 1. The average molecular weight is 282 g/mol. The van der Waals surface area contributed by atoms with Crippen molar-refractivity contribution in [2.45, 2.75) is 0 Å². The van der Waals surface area contributed by atoms with Crippen LogP contribution >= 0.6 is 11.6 Å². The Balaban J connectivity index is 2.35. The molecule has 6 nitrogen and oxygen atoms in total. The molecular weight excluding hydrogens is 274 g/mol. The highest BCUT2D eigenvalue weighted by Gasteiger charge is 2.20. The van der Waals surface area contributed by atoms with Crippen LogP contribution in [0, 0.1) is 10.1 Å². The lowest BCUT2D eigenvalue weighted by atomic mass is 10.1. The van der Waals surface area contributed by atoms with E-state index in [0.717, 1.165) is 6.07 Å². The Morgan fingerprint density at radius 2 is 2.11 bits per heavy atom. The zero-order chi connectivity index (χ0) is 14.0. The van der Waals surface area contributed by atoms with Crippen LogP contribution in [0.3, 0.4) is 0 Å². The van der Waals surface area contributed by atoms with E-state index in [1.807, 2.05) is 0 Å². The van der Waals surface area contributed by atoms with Gasteiger partial charge < -0.3 is 9.15 Å². The fourth-order valence-electron chi connectivity index (χ4n) is 1.49. The van der Waals surface area contributed by atoms with Gasteiger partial charge in [-0.15, -0.1) is 0 Å². The first-order chi connectivity index (χ1) is 9.02. The molecule has 0 bridgehead atoms. The number of halogens is 1. The molecule has 1 aromatic heterocycles. The number of rotatable bonds is 4. The molecule has 0 saturated carbocycles. The molecule has 2 aromatic rings. The third-order valence-electron chi connectivity index (χ3n) is 2.42. The smallest absolute Gasteiger partial charge is 0.433 e. The molecule has 0 saturated heterocycles. The second-order valence-corrected chi connectivity index (χ2v) is 3.98. The summed E-state index contributed by atoms with van der Waals surface area (Å²) in [4.78, 5) is 21.8. The van der Waals surface area contributed by atoms with Gasteiger partial charge in [0.2, 0.25) is 5.78 Å². The number of carbonyl (C=O) groups is 1. The van der Waals surface area contributed by atoms with E-state index >= 15 is 0 Å². The SMILES string of the molecule is COc1ccc(C(=O)c2ccc([N+](=O)[O-])o2)c(Cl)c1. The summed E-state index contributed by atoms with van der Waals surface area (Å²) in [6, 6.07) is 6.87. The van der Waals surface area contributed by atoms with Crippen LogP contribution in [-0.2, 0) is 0 Å². The summed E-state index contributed by atoms with van der Waals surface area (Å²) in [5.41, 5.74) is 0.187. The highest BCUT2D eigenvalue weighted by atomic mass is 35.5. The Kier molecular flexibility index (Phi) is 3.52. The summed E-state index contributed by atoms with van der Waals surface area (Å²) < 4.78 is 9.80. The number of nitrogens with zero attached hydrogens (tertiary/aromatic N) is 1. The monoisotopic (exact) mass is 281 g/mol. The molecule has 0 N–H and O–H groups in total. The van der Waals surface area contributed by atoms with Crippen molar-refractivity contribution < 1.29 is 18.9 Å². The Morgan fingerprint density at radius 1 is 1.37 bits per heavy atom. The first-order valence-electron chi connectivity index (χ1n) is 5.15. The van der Waals surface area contributed by atoms with Gasteiger partial charge in [-0.25, -0.2) is 0 Å². The average Bonchev–Trinajstić information content (AvgIpc) is 2.87. The third kappa shape index (κ3) is 2.58. The summed E-state index contributed by atoms with van der Waals surface area (Å²) in [6.45, 7) is 0. The number of furan rings is 1. The lowest BCUT2D eigenvalue weighted by molar-refractivity contribution is -0.402. The summed E-state index contributed by atoms with van der Waals surface area (Å²) >= 11 is 5.95. The van der Waals surface area contributed by atoms with E-state index in [9.17, 15) is 14.9 Å². The molecule has 1 heterocycles. The summed E-state index contributed by atoms with van der Waals surface area (Å²) in [5.74, 6) is -0.653. The van der Waals surface area contributed by atoms with E-state index in [4.69, 9.17) is 20.8 Å². The second-order valence-electron chi connectivity index (χ2n) is 3.57. The molecule has 98 valence electrons. The van der Waals surface area contributed by atoms with Gasteiger partial charge in [-0.05, 0) is 24.3 Å². The molecule has 0 aliphatic rings. The van der Waals surface area contributed by atoms with Crippen molar-refractivity contribution in [1.29, 1.82) is 0 Å². The second kappa shape index (κ2) is 5.11. The van der Waals surface area contributed by atoms with E-state index in [1.165, 1.54) is 25.3 Å². The molecule has 0 amide bonds. The molecule has 0 aliphatic heterocycles. The van der Waals surface area contributed by atoms with E-state index in [2.05, 4.69) is 0 Å². The van der Waals surface area contributed by atoms with Gasteiger partial charge in [-0.1, -0.05) is 11.6 Å². The lowest BCUT2D eigenvalue weighted by Crippen LogP contribution is -2.01. The van der Waals surface area contributed by atoms with Crippen molar-refractivity contribution in [3.63, 3.8) is 0 Å². The molecule has 19 heavy (non-hydrogen) atoms. The van der Waals surface area contributed by atoms with Crippen molar-refractivity contribution >= 4 is 23.3 Å². The van der Waals surface area contributed by atoms with Gasteiger partial charge in [0.05, 0.1) is 18.2 Å². The molecule has 0 fully saturated rings. The van der Waals surface area contributed by atoms with E-state index in [-0.39, 0.29) is 16.3 Å². The molecule has 0 unspecified atom stereocenters. The first-order valence-corrected chi connectivity index (χ1v) is 5.53. The maximum atomic E-state index is 12.1. The van der Waals surface area contributed by atoms with Gasteiger partial charge >= 0.3 is 5.88 Å². The predicted octanol–water partition coefficient (Wildman–Crippen LogP) is 3.08. The first kappa shape index (κ1) is 13.1. The molecular formula is C12H8ClNO5. The minimum absolute atomic E-state index is 0.140. The van der Waals surface area contributed by atoms with Gasteiger partial charge in [0.25, 0.3) is 0 Å². The van der Waals surface area contributed by atoms with Crippen molar-refractivity contribution in [2.24, 2.45) is 0 Å². The molecule has 0 spiro atoms. The topological polar surface area (TPSA) is 82.6 Å². The Morgan fingerprint density at radius 3 is 2.63 bits per heavy atom. The number of ketones is 1. The van der Waals surface area contributed by atoms with Crippen molar-refractivity contribution in [2.75, 3.05) is 7.11 Å². The normalized spacial score (nSPS) is 10.2. The highest BCUT2D eigenvalue weighted by Crippen LogP contribution is 2.26. The molecule has 2 rings (SSSR count). The largest absolute Gasteiger partial charge is 0.497 e. The molecule has 0 radical (unpaired) electrons. The third-order valence-corrected chi connectivity index (χ3v) is 2.73. The van der Waals surface area contributed by atoms with Crippen LogP contribution in [0.2, 0.25) is 5.02 Å². The fourth-order valence-corrected chi connectivity index (χ4v) is 1.74. The molecule has 0 aliphatic carbocycles. The van der Waals surface area contributed by atoms with Crippen LogP contribution in [0.4, 0.5) is 5.88 Å². The van der Waals surface area contributed by atoms with Crippen LogP contribution in [0.15, 0.2) is 34.7 Å². The zero-order valence-corrected chi connectivity index (χ0v) is 10.5. The maximum absolute atomic E-state index is 12.1. The van der Waals surface area contributed by atoms with Crippen LogP contribution in [0.25, 0.3) is 0 Å². The van der Waals surface area contributed by atoms with Crippen LogP contribution in [-0.4, -0.2) is 17.8 Å².